The van der Waals surface area contributed by atoms with Crippen molar-refractivity contribution >= 4 is 41.1 Å². The largest absolute Gasteiger partial charge is 0.465 e. The number of ether oxygens (including phenoxy) is 1. The number of carbonyl (C=O) groups excluding carboxylic acids is 1. The molecule has 126 valence electrons. The lowest BCUT2D eigenvalue weighted by Gasteiger charge is -2.10. The summed E-state index contributed by atoms with van der Waals surface area (Å²) in [5, 5.41) is 1.03. The minimum atomic E-state index is -0.556. The van der Waals surface area contributed by atoms with Gasteiger partial charge in [0.25, 0.3) is 0 Å². The summed E-state index contributed by atoms with van der Waals surface area (Å²) in [6, 6.07) is 19.4. The number of methoxy groups -OCH3 is 1. The second-order valence-corrected chi connectivity index (χ2v) is 7.26. The lowest BCUT2D eigenvalue weighted by molar-refractivity contribution is 0.0595. The molecule has 2 aromatic carbocycles. The Morgan fingerprint density at radius 1 is 0.920 bits per heavy atom. The highest BCUT2D eigenvalue weighted by atomic mass is 35.5. The Hall–Kier alpha value is -2.02. The molecule has 25 heavy (non-hydrogen) atoms. The van der Waals surface area contributed by atoms with E-state index in [4.69, 9.17) is 16.3 Å². The van der Waals surface area contributed by atoms with Crippen LogP contribution in [0.15, 0.2) is 80.6 Å². The van der Waals surface area contributed by atoms with E-state index in [0.717, 1.165) is 9.79 Å². The molecule has 0 spiro atoms. The molecule has 0 radical (unpaired) electrons. The van der Waals surface area contributed by atoms with Crippen molar-refractivity contribution < 1.29 is 9.53 Å². The standard InChI is InChI=1S/C18H13ClN2O2S2/c1-23-17(22)14-15(19)20-18(25-13-10-6-3-7-11-13)21-16(14)24-12-8-4-2-5-9-12/h2-11H,1H3. The van der Waals surface area contributed by atoms with Gasteiger partial charge in [0.1, 0.15) is 15.7 Å². The number of carbonyl (C=O) groups is 1. The first-order valence-electron chi connectivity index (χ1n) is 7.29. The van der Waals surface area contributed by atoms with Gasteiger partial charge in [-0.3, -0.25) is 0 Å². The Morgan fingerprint density at radius 2 is 1.48 bits per heavy atom. The van der Waals surface area contributed by atoms with Crippen LogP contribution in [0.5, 0.6) is 0 Å². The predicted octanol–water partition coefficient (Wildman–Crippen LogP) is 5.22. The van der Waals surface area contributed by atoms with Gasteiger partial charge in [0.2, 0.25) is 0 Å². The summed E-state index contributed by atoms with van der Waals surface area (Å²) in [6.07, 6.45) is 0. The van der Waals surface area contributed by atoms with E-state index in [1.54, 1.807) is 0 Å². The molecule has 0 fully saturated rings. The molecule has 0 saturated heterocycles. The van der Waals surface area contributed by atoms with Crippen molar-refractivity contribution in [2.24, 2.45) is 0 Å². The third-order valence-electron chi connectivity index (χ3n) is 3.11. The molecule has 1 heterocycles. The fraction of sp³-hybridized carbons (Fsp3) is 0.0556. The molecule has 0 unspecified atom stereocenters. The molecule has 0 aliphatic rings. The van der Waals surface area contributed by atoms with E-state index in [1.165, 1.54) is 30.6 Å². The van der Waals surface area contributed by atoms with Crippen LogP contribution in [0.25, 0.3) is 0 Å². The maximum Gasteiger partial charge on any atom is 0.343 e. The molecule has 0 saturated carbocycles. The van der Waals surface area contributed by atoms with E-state index in [2.05, 4.69) is 9.97 Å². The Bertz CT molecular complexity index is 877. The molecule has 3 aromatic rings. The van der Waals surface area contributed by atoms with Gasteiger partial charge in [-0.25, -0.2) is 14.8 Å². The fourth-order valence-corrected chi connectivity index (χ4v) is 4.10. The number of nitrogens with zero attached hydrogens (tertiary/aromatic N) is 2. The summed E-state index contributed by atoms with van der Waals surface area (Å²) in [5.41, 5.74) is 0.176. The molecular formula is C18H13ClN2O2S2. The summed E-state index contributed by atoms with van der Waals surface area (Å²) in [4.78, 5) is 22.8. The number of aromatic nitrogens is 2. The van der Waals surface area contributed by atoms with Gasteiger partial charge >= 0.3 is 5.97 Å². The Morgan fingerprint density at radius 3 is 2.04 bits per heavy atom. The Balaban J connectivity index is 2.00. The van der Waals surface area contributed by atoms with E-state index in [-0.39, 0.29) is 10.7 Å². The summed E-state index contributed by atoms with van der Waals surface area (Å²) in [7, 11) is 1.31. The first-order chi connectivity index (χ1) is 12.2. The van der Waals surface area contributed by atoms with Gasteiger partial charge < -0.3 is 4.74 Å². The van der Waals surface area contributed by atoms with Gasteiger partial charge in [-0.1, -0.05) is 59.8 Å². The number of hydrogen-bond donors (Lipinski definition) is 0. The van der Waals surface area contributed by atoms with Gasteiger partial charge in [0, 0.05) is 9.79 Å². The lowest BCUT2D eigenvalue weighted by Crippen LogP contribution is -2.08. The van der Waals surface area contributed by atoms with Crippen molar-refractivity contribution in [1.29, 1.82) is 0 Å². The lowest BCUT2D eigenvalue weighted by atomic mass is 10.3. The maximum absolute atomic E-state index is 12.1. The molecule has 0 bridgehead atoms. The number of benzene rings is 2. The average Bonchev–Trinajstić information content (AvgIpc) is 2.63. The minimum Gasteiger partial charge on any atom is -0.465 e. The molecule has 3 rings (SSSR count). The normalized spacial score (nSPS) is 10.5. The second kappa shape index (κ2) is 8.38. The maximum atomic E-state index is 12.1. The number of rotatable bonds is 5. The van der Waals surface area contributed by atoms with E-state index in [9.17, 15) is 4.79 Å². The first kappa shape index (κ1) is 17.8. The predicted molar refractivity (Wildman–Crippen MR) is 99.5 cm³/mol. The van der Waals surface area contributed by atoms with E-state index < -0.39 is 5.97 Å². The van der Waals surface area contributed by atoms with Gasteiger partial charge in [0.05, 0.1) is 7.11 Å². The SMILES string of the molecule is COC(=O)c1c(Cl)nc(Sc2ccccc2)nc1Sc1ccccc1. The number of hydrogen-bond acceptors (Lipinski definition) is 6. The van der Waals surface area contributed by atoms with Crippen LogP contribution in [0, 0.1) is 0 Å². The zero-order chi connectivity index (χ0) is 17.6. The van der Waals surface area contributed by atoms with Gasteiger partial charge in [-0.2, -0.15) is 0 Å². The number of halogens is 1. The topological polar surface area (TPSA) is 52.1 Å². The van der Waals surface area contributed by atoms with Crippen LogP contribution in [0.3, 0.4) is 0 Å². The third-order valence-corrected chi connectivity index (χ3v) is 5.25. The summed E-state index contributed by atoms with van der Waals surface area (Å²) < 4.78 is 4.83. The molecule has 0 amide bonds. The summed E-state index contributed by atoms with van der Waals surface area (Å²) in [6.45, 7) is 0. The molecule has 0 aliphatic heterocycles. The summed E-state index contributed by atoms with van der Waals surface area (Å²) in [5.74, 6) is -0.556. The molecule has 0 atom stereocenters. The van der Waals surface area contributed by atoms with Crippen LogP contribution in [-0.2, 0) is 4.74 Å². The quantitative estimate of drug-likeness (QED) is 0.339. The van der Waals surface area contributed by atoms with Crippen LogP contribution in [-0.4, -0.2) is 23.0 Å². The monoisotopic (exact) mass is 388 g/mol. The van der Waals surface area contributed by atoms with Crippen LogP contribution < -0.4 is 0 Å². The van der Waals surface area contributed by atoms with Gasteiger partial charge in [-0.05, 0) is 36.0 Å². The third kappa shape index (κ3) is 4.54. The molecule has 7 heteroatoms. The van der Waals surface area contributed by atoms with Crippen molar-refractivity contribution in [3.8, 4) is 0 Å². The van der Waals surface area contributed by atoms with E-state index >= 15 is 0 Å². The fourth-order valence-electron chi connectivity index (χ4n) is 1.98. The molecule has 1 aromatic heterocycles. The first-order valence-corrected chi connectivity index (χ1v) is 9.30. The van der Waals surface area contributed by atoms with Gasteiger partial charge in [0.15, 0.2) is 5.16 Å². The molecule has 4 nitrogen and oxygen atoms in total. The van der Waals surface area contributed by atoms with Crippen molar-refractivity contribution in [2.45, 2.75) is 20.0 Å². The highest BCUT2D eigenvalue weighted by Crippen LogP contribution is 2.35. The van der Waals surface area contributed by atoms with Crippen molar-refractivity contribution in [3.63, 3.8) is 0 Å². The smallest absolute Gasteiger partial charge is 0.343 e. The highest BCUT2D eigenvalue weighted by Gasteiger charge is 2.22. The minimum absolute atomic E-state index is 0.0821. The molecule has 0 N–H and O–H groups in total. The zero-order valence-electron chi connectivity index (χ0n) is 13.2. The Labute approximate surface area is 159 Å². The highest BCUT2D eigenvalue weighted by molar-refractivity contribution is 8.00. The van der Waals surface area contributed by atoms with Crippen LogP contribution in [0.1, 0.15) is 10.4 Å². The van der Waals surface area contributed by atoms with Crippen LogP contribution in [0.4, 0.5) is 0 Å². The second-order valence-electron chi connectivity index (χ2n) is 4.80. The zero-order valence-corrected chi connectivity index (χ0v) is 15.6. The Kier molecular flexibility index (Phi) is 5.96. The average molecular weight is 389 g/mol. The van der Waals surface area contributed by atoms with Crippen molar-refractivity contribution in [1.82, 2.24) is 9.97 Å². The molecular weight excluding hydrogens is 376 g/mol. The van der Waals surface area contributed by atoms with E-state index in [0.29, 0.717) is 10.2 Å². The van der Waals surface area contributed by atoms with Crippen molar-refractivity contribution in [2.75, 3.05) is 7.11 Å². The number of esters is 1. The molecule has 0 aliphatic carbocycles. The summed E-state index contributed by atoms with van der Waals surface area (Å²) >= 11 is 8.99. The van der Waals surface area contributed by atoms with Crippen LogP contribution in [0.2, 0.25) is 5.15 Å². The van der Waals surface area contributed by atoms with Crippen molar-refractivity contribution in [3.05, 3.63) is 71.4 Å². The van der Waals surface area contributed by atoms with Gasteiger partial charge in [-0.15, -0.1) is 0 Å². The van der Waals surface area contributed by atoms with E-state index in [1.807, 2.05) is 60.7 Å². The van der Waals surface area contributed by atoms with Crippen LogP contribution >= 0.6 is 35.1 Å².